The lowest BCUT2D eigenvalue weighted by molar-refractivity contribution is 0.0417. The van der Waals surface area contributed by atoms with Crippen molar-refractivity contribution in [2.45, 2.75) is 51.0 Å². The predicted octanol–water partition coefficient (Wildman–Crippen LogP) is 2.81. The molecule has 29 heavy (non-hydrogen) atoms. The molecule has 0 saturated heterocycles. The summed E-state index contributed by atoms with van der Waals surface area (Å²) in [7, 11) is 0. The summed E-state index contributed by atoms with van der Waals surface area (Å²) in [6.45, 7) is 5.49. The Hall–Kier alpha value is -2.41. The van der Waals surface area contributed by atoms with Gasteiger partial charge in [-0.15, -0.1) is 0 Å². The average molecular weight is 401 g/mol. The van der Waals surface area contributed by atoms with Crippen molar-refractivity contribution in [1.29, 1.82) is 0 Å². The number of hydrogen-bond donors (Lipinski definition) is 4. The Kier molecular flexibility index (Phi) is 8.64. The Morgan fingerprint density at radius 3 is 2.17 bits per heavy atom. The van der Waals surface area contributed by atoms with Crippen molar-refractivity contribution in [3.8, 4) is 0 Å². The second-order valence-electron chi connectivity index (χ2n) is 8.06. The quantitative estimate of drug-likeness (QED) is 0.520. The summed E-state index contributed by atoms with van der Waals surface area (Å²) in [6.07, 6.45) is -0.988. The minimum atomic E-state index is -0.875. The van der Waals surface area contributed by atoms with Crippen LogP contribution >= 0.6 is 0 Å². The van der Waals surface area contributed by atoms with Gasteiger partial charge in [-0.2, -0.15) is 0 Å². The molecule has 0 aliphatic carbocycles. The zero-order valence-electron chi connectivity index (χ0n) is 17.3. The molecule has 2 aromatic rings. The molecule has 2 rings (SSSR count). The van der Waals surface area contributed by atoms with Crippen LogP contribution in [0.15, 0.2) is 60.7 Å². The lowest BCUT2D eigenvalue weighted by atomic mass is 10.0. The highest BCUT2D eigenvalue weighted by atomic mass is 16.6. The van der Waals surface area contributed by atoms with E-state index in [0.717, 1.165) is 11.1 Å². The second-order valence-corrected chi connectivity index (χ2v) is 8.06. The molecule has 0 unspecified atom stereocenters. The van der Waals surface area contributed by atoms with Crippen LogP contribution in [0, 0.1) is 0 Å². The Morgan fingerprint density at radius 1 is 1.03 bits per heavy atom. The maximum Gasteiger partial charge on any atom is 0.407 e. The Morgan fingerprint density at radius 2 is 1.62 bits per heavy atom. The summed E-state index contributed by atoms with van der Waals surface area (Å²) in [5.74, 6) is 0. The van der Waals surface area contributed by atoms with Crippen LogP contribution in [-0.4, -0.2) is 47.2 Å². The van der Waals surface area contributed by atoms with Gasteiger partial charge in [-0.1, -0.05) is 60.7 Å². The van der Waals surface area contributed by atoms with Crippen LogP contribution in [0.1, 0.15) is 37.9 Å². The summed E-state index contributed by atoms with van der Waals surface area (Å²) < 4.78 is 5.35. The van der Waals surface area contributed by atoms with Crippen molar-refractivity contribution in [2.24, 2.45) is 0 Å². The maximum atomic E-state index is 12.3. The largest absolute Gasteiger partial charge is 0.444 e. The van der Waals surface area contributed by atoms with E-state index in [0.29, 0.717) is 6.42 Å². The SMILES string of the molecule is CC(C)(C)OC(=O)N[C@@H](Cc1ccccc1)[C@H](O)CN[C@@H](CO)c1ccccc1. The molecule has 158 valence electrons. The number of carbonyl (C=O) groups is 1. The Balaban J connectivity index is 2.04. The van der Waals surface area contributed by atoms with Crippen LogP contribution in [0.4, 0.5) is 4.79 Å². The molecule has 0 fully saturated rings. The number of hydrogen-bond acceptors (Lipinski definition) is 5. The lowest BCUT2D eigenvalue weighted by Crippen LogP contribution is -2.50. The molecule has 0 aliphatic heterocycles. The fourth-order valence-electron chi connectivity index (χ4n) is 2.99. The zero-order chi connectivity index (χ0) is 21.3. The predicted molar refractivity (Wildman–Crippen MR) is 114 cm³/mol. The molecule has 0 radical (unpaired) electrons. The first kappa shape index (κ1) is 22.9. The summed E-state index contributed by atoms with van der Waals surface area (Å²) >= 11 is 0. The molecule has 0 saturated carbocycles. The minimum absolute atomic E-state index is 0.0976. The van der Waals surface area contributed by atoms with Gasteiger partial charge in [0.15, 0.2) is 0 Å². The Bertz CT molecular complexity index is 732. The molecule has 0 bridgehead atoms. The number of ether oxygens (including phenoxy) is 1. The third kappa shape index (κ3) is 8.23. The van der Waals surface area contributed by atoms with Gasteiger partial charge in [0.1, 0.15) is 5.60 Å². The average Bonchev–Trinajstić information content (AvgIpc) is 2.68. The van der Waals surface area contributed by atoms with Crippen LogP contribution in [0.2, 0.25) is 0 Å². The highest BCUT2D eigenvalue weighted by Gasteiger charge is 2.25. The van der Waals surface area contributed by atoms with Crippen LogP contribution < -0.4 is 10.6 Å². The molecule has 6 nitrogen and oxygen atoms in total. The van der Waals surface area contributed by atoms with Crippen LogP contribution in [0.25, 0.3) is 0 Å². The number of benzene rings is 2. The molecule has 2 aromatic carbocycles. The van der Waals surface area contributed by atoms with Crippen LogP contribution in [-0.2, 0) is 11.2 Å². The standard InChI is InChI=1S/C23H32N2O4/c1-23(2,3)29-22(28)25-19(14-17-10-6-4-7-11-17)21(27)15-24-20(16-26)18-12-8-5-9-13-18/h4-13,19-21,24,26-27H,14-16H2,1-3H3,(H,25,28)/t19-,20-,21+/m0/s1. The van der Waals surface area contributed by atoms with Crippen LogP contribution in [0.3, 0.4) is 0 Å². The van der Waals surface area contributed by atoms with Crippen molar-refractivity contribution in [3.05, 3.63) is 71.8 Å². The van der Waals surface area contributed by atoms with E-state index in [2.05, 4.69) is 10.6 Å². The van der Waals surface area contributed by atoms with E-state index in [-0.39, 0.29) is 19.2 Å². The highest BCUT2D eigenvalue weighted by molar-refractivity contribution is 5.68. The van der Waals surface area contributed by atoms with Crippen molar-refractivity contribution < 1.29 is 19.7 Å². The molecule has 0 heterocycles. The van der Waals surface area contributed by atoms with E-state index in [1.165, 1.54) is 0 Å². The van der Waals surface area contributed by atoms with Gasteiger partial charge in [0.05, 0.1) is 24.8 Å². The zero-order valence-corrected chi connectivity index (χ0v) is 17.3. The van der Waals surface area contributed by atoms with Crippen molar-refractivity contribution in [3.63, 3.8) is 0 Å². The Labute approximate surface area is 172 Å². The molecule has 1 amide bonds. The number of nitrogens with one attached hydrogen (secondary N) is 2. The van der Waals surface area contributed by atoms with E-state index in [9.17, 15) is 15.0 Å². The first-order chi connectivity index (χ1) is 13.8. The fourth-order valence-corrected chi connectivity index (χ4v) is 2.99. The normalized spacial score (nSPS) is 14.7. The second kappa shape index (κ2) is 11.0. The molecular weight excluding hydrogens is 368 g/mol. The van der Waals surface area contributed by atoms with E-state index >= 15 is 0 Å². The highest BCUT2D eigenvalue weighted by Crippen LogP contribution is 2.13. The molecule has 0 aliphatic rings. The number of rotatable bonds is 9. The van der Waals surface area contributed by atoms with E-state index < -0.39 is 23.8 Å². The van der Waals surface area contributed by atoms with Gasteiger partial charge in [-0.3, -0.25) is 0 Å². The smallest absolute Gasteiger partial charge is 0.407 e. The third-order valence-electron chi connectivity index (χ3n) is 4.42. The summed E-state index contributed by atoms with van der Waals surface area (Å²) in [4.78, 5) is 12.3. The summed E-state index contributed by atoms with van der Waals surface area (Å²) in [5, 5.41) is 26.5. The van der Waals surface area contributed by atoms with E-state index in [1.807, 2.05) is 60.7 Å². The van der Waals surface area contributed by atoms with E-state index in [1.54, 1.807) is 20.8 Å². The number of amides is 1. The fraction of sp³-hybridized carbons (Fsp3) is 0.435. The number of carbonyl (C=O) groups excluding carboxylic acids is 1. The van der Waals surface area contributed by atoms with Gasteiger partial charge in [0.25, 0.3) is 0 Å². The topological polar surface area (TPSA) is 90.8 Å². The van der Waals surface area contributed by atoms with Gasteiger partial charge in [-0.05, 0) is 38.3 Å². The van der Waals surface area contributed by atoms with Gasteiger partial charge in [-0.25, -0.2) is 4.79 Å². The summed E-state index contributed by atoms with van der Waals surface area (Å²) in [6, 6.07) is 18.4. The first-order valence-corrected chi connectivity index (χ1v) is 9.89. The van der Waals surface area contributed by atoms with Crippen molar-refractivity contribution in [2.75, 3.05) is 13.2 Å². The van der Waals surface area contributed by atoms with Crippen LogP contribution in [0.5, 0.6) is 0 Å². The first-order valence-electron chi connectivity index (χ1n) is 9.89. The van der Waals surface area contributed by atoms with Gasteiger partial charge < -0.3 is 25.6 Å². The van der Waals surface area contributed by atoms with Crippen molar-refractivity contribution >= 4 is 6.09 Å². The van der Waals surface area contributed by atoms with Gasteiger partial charge >= 0.3 is 6.09 Å². The maximum absolute atomic E-state index is 12.3. The van der Waals surface area contributed by atoms with Gasteiger partial charge in [0, 0.05) is 6.54 Å². The lowest BCUT2D eigenvalue weighted by Gasteiger charge is -2.28. The number of aliphatic hydroxyl groups is 2. The van der Waals surface area contributed by atoms with Crippen molar-refractivity contribution in [1.82, 2.24) is 10.6 Å². The van der Waals surface area contributed by atoms with E-state index in [4.69, 9.17) is 4.74 Å². The number of aliphatic hydroxyl groups excluding tert-OH is 2. The minimum Gasteiger partial charge on any atom is -0.444 e. The molecule has 3 atom stereocenters. The summed E-state index contributed by atoms with van der Waals surface area (Å²) in [5.41, 5.74) is 1.30. The molecule has 6 heteroatoms. The molecule has 4 N–H and O–H groups in total. The third-order valence-corrected chi connectivity index (χ3v) is 4.42. The molecule has 0 aromatic heterocycles. The molecule has 0 spiro atoms. The number of alkyl carbamates (subject to hydrolysis) is 1. The monoisotopic (exact) mass is 400 g/mol. The van der Waals surface area contributed by atoms with Gasteiger partial charge in [0.2, 0.25) is 0 Å². The molecular formula is C23H32N2O4.